The Morgan fingerprint density at radius 3 is 2.50 bits per heavy atom. The van der Waals surface area contributed by atoms with Crippen LogP contribution in [0.15, 0.2) is 24.5 Å². The van der Waals surface area contributed by atoms with Crippen LogP contribution < -0.4 is 9.80 Å². The minimum atomic E-state index is 0.0764. The van der Waals surface area contributed by atoms with Crippen LogP contribution in [0.3, 0.4) is 0 Å². The van der Waals surface area contributed by atoms with Gasteiger partial charge in [0.15, 0.2) is 0 Å². The van der Waals surface area contributed by atoms with Gasteiger partial charge >= 0.3 is 0 Å². The number of fused-ring (bicyclic) bond motifs is 1. The number of likely N-dealkylation sites (N-methyl/N-ethyl adjacent to an activating group) is 1. The van der Waals surface area contributed by atoms with Gasteiger partial charge in [0.25, 0.3) is 0 Å². The molecule has 2 fully saturated rings. The summed E-state index contributed by atoms with van der Waals surface area (Å²) in [5, 5.41) is 1.07. The van der Waals surface area contributed by atoms with Crippen LogP contribution in [0, 0.1) is 0 Å². The third-order valence-corrected chi connectivity index (χ3v) is 5.54. The van der Waals surface area contributed by atoms with Crippen molar-refractivity contribution in [1.29, 1.82) is 0 Å². The molecule has 0 radical (unpaired) electrons. The quantitative estimate of drug-likeness (QED) is 0.821. The smallest absolute Gasteiger partial charge is 0.239 e. The standard InChI is InChI=1S/C19H26N6O/c1-22(2)18-15-12-14(4-5-16(15)20-13-21-18)24-8-10-25(11-9-24)17-6-7-23(3)19(17)26/h4-5,12-13,17H,6-11H2,1-3H3. The molecule has 1 aromatic carbocycles. The minimum absolute atomic E-state index is 0.0764. The summed E-state index contributed by atoms with van der Waals surface area (Å²) in [5.41, 5.74) is 2.16. The van der Waals surface area contributed by atoms with Gasteiger partial charge in [-0.2, -0.15) is 0 Å². The van der Waals surface area contributed by atoms with Crippen LogP contribution in [-0.4, -0.2) is 85.6 Å². The summed E-state index contributed by atoms with van der Waals surface area (Å²) < 4.78 is 0. The molecule has 3 heterocycles. The average Bonchev–Trinajstić information content (AvgIpc) is 2.99. The van der Waals surface area contributed by atoms with Gasteiger partial charge < -0.3 is 14.7 Å². The first-order valence-electron chi connectivity index (χ1n) is 9.20. The first-order valence-corrected chi connectivity index (χ1v) is 9.20. The number of hydrogen-bond donors (Lipinski definition) is 0. The summed E-state index contributed by atoms with van der Waals surface area (Å²) in [5.74, 6) is 1.21. The Morgan fingerprint density at radius 2 is 1.85 bits per heavy atom. The summed E-state index contributed by atoms with van der Waals surface area (Å²) in [6.07, 6.45) is 2.57. The van der Waals surface area contributed by atoms with Crippen molar-refractivity contribution in [2.24, 2.45) is 0 Å². The van der Waals surface area contributed by atoms with Crippen molar-refractivity contribution < 1.29 is 4.79 Å². The fourth-order valence-electron chi connectivity index (χ4n) is 4.02. The second-order valence-corrected chi connectivity index (χ2v) is 7.38. The number of amides is 1. The van der Waals surface area contributed by atoms with Crippen LogP contribution in [-0.2, 0) is 4.79 Å². The van der Waals surface area contributed by atoms with Gasteiger partial charge in [-0.3, -0.25) is 9.69 Å². The van der Waals surface area contributed by atoms with E-state index in [0.717, 1.165) is 55.9 Å². The van der Waals surface area contributed by atoms with Crippen LogP contribution in [0.5, 0.6) is 0 Å². The van der Waals surface area contributed by atoms with Gasteiger partial charge in [-0.25, -0.2) is 9.97 Å². The third kappa shape index (κ3) is 2.96. The fraction of sp³-hybridized carbons (Fsp3) is 0.526. The summed E-state index contributed by atoms with van der Waals surface area (Å²) in [6.45, 7) is 4.60. The number of rotatable bonds is 3. The van der Waals surface area contributed by atoms with Gasteiger partial charge in [0.05, 0.1) is 11.6 Å². The van der Waals surface area contributed by atoms with E-state index in [1.54, 1.807) is 6.33 Å². The molecule has 138 valence electrons. The van der Waals surface area contributed by atoms with Gasteiger partial charge in [0.2, 0.25) is 5.91 Å². The van der Waals surface area contributed by atoms with E-state index in [2.05, 4.69) is 38.0 Å². The predicted octanol–water partition coefficient (Wildman–Crippen LogP) is 1.05. The normalized spacial score (nSPS) is 21.7. The number of carbonyl (C=O) groups is 1. The summed E-state index contributed by atoms with van der Waals surface area (Å²) >= 11 is 0. The van der Waals surface area contributed by atoms with E-state index >= 15 is 0 Å². The number of hydrogen-bond acceptors (Lipinski definition) is 6. The molecule has 1 amide bonds. The monoisotopic (exact) mass is 354 g/mol. The molecule has 1 aromatic heterocycles. The molecule has 2 aliphatic rings. The van der Waals surface area contributed by atoms with E-state index in [-0.39, 0.29) is 11.9 Å². The lowest BCUT2D eigenvalue weighted by atomic mass is 10.1. The highest BCUT2D eigenvalue weighted by molar-refractivity contribution is 5.91. The zero-order chi connectivity index (χ0) is 18.3. The summed E-state index contributed by atoms with van der Waals surface area (Å²) in [4.78, 5) is 29.7. The zero-order valence-electron chi connectivity index (χ0n) is 15.7. The number of aromatic nitrogens is 2. The van der Waals surface area contributed by atoms with Crippen molar-refractivity contribution in [2.75, 3.05) is 63.7 Å². The Bertz CT molecular complexity index is 815. The Kier molecular flexibility index (Phi) is 4.40. The lowest BCUT2D eigenvalue weighted by Crippen LogP contribution is -2.52. The van der Waals surface area contributed by atoms with E-state index in [0.29, 0.717) is 0 Å². The molecule has 1 unspecified atom stereocenters. The topological polar surface area (TPSA) is 55.8 Å². The fourth-order valence-corrected chi connectivity index (χ4v) is 4.02. The third-order valence-electron chi connectivity index (χ3n) is 5.54. The van der Waals surface area contributed by atoms with Gasteiger partial charge in [0.1, 0.15) is 12.1 Å². The van der Waals surface area contributed by atoms with Crippen LogP contribution in [0.2, 0.25) is 0 Å². The van der Waals surface area contributed by atoms with Crippen molar-refractivity contribution in [3.05, 3.63) is 24.5 Å². The maximum Gasteiger partial charge on any atom is 0.239 e. The highest BCUT2D eigenvalue weighted by Crippen LogP contribution is 2.28. The minimum Gasteiger partial charge on any atom is -0.369 e. The van der Waals surface area contributed by atoms with Crippen molar-refractivity contribution in [3.8, 4) is 0 Å². The largest absolute Gasteiger partial charge is 0.369 e. The number of likely N-dealkylation sites (tertiary alicyclic amines) is 1. The zero-order valence-corrected chi connectivity index (χ0v) is 15.7. The number of anilines is 2. The Balaban J connectivity index is 1.51. The van der Waals surface area contributed by atoms with E-state index in [4.69, 9.17) is 0 Å². The SMILES string of the molecule is CN1CCC(N2CCN(c3ccc4ncnc(N(C)C)c4c3)CC2)C1=O. The molecular formula is C19H26N6O. The lowest BCUT2D eigenvalue weighted by molar-refractivity contribution is -0.131. The molecule has 0 spiro atoms. The predicted molar refractivity (Wildman–Crippen MR) is 104 cm³/mol. The second kappa shape index (κ2) is 6.72. The Hall–Kier alpha value is -2.41. The number of carbonyl (C=O) groups excluding carboxylic acids is 1. The molecule has 0 saturated carbocycles. The van der Waals surface area contributed by atoms with Gasteiger partial charge in [-0.1, -0.05) is 0 Å². The molecule has 0 aliphatic carbocycles. The highest BCUT2D eigenvalue weighted by Gasteiger charge is 2.35. The number of nitrogens with zero attached hydrogens (tertiary/aromatic N) is 6. The molecule has 7 nitrogen and oxygen atoms in total. The molecule has 0 bridgehead atoms. The number of piperazine rings is 1. The van der Waals surface area contributed by atoms with Gasteiger partial charge in [0, 0.05) is 64.9 Å². The van der Waals surface area contributed by atoms with E-state index in [1.165, 1.54) is 5.69 Å². The van der Waals surface area contributed by atoms with E-state index < -0.39 is 0 Å². The van der Waals surface area contributed by atoms with Crippen molar-refractivity contribution >= 4 is 28.3 Å². The molecule has 26 heavy (non-hydrogen) atoms. The average molecular weight is 354 g/mol. The maximum absolute atomic E-state index is 12.3. The van der Waals surface area contributed by atoms with Crippen LogP contribution in [0.25, 0.3) is 10.9 Å². The molecule has 2 aromatic rings. The molecule has 2 aliphatic heterocycles. The van der Waals surface area contributed by atoms with Gasteiger partial charge in [-0.15, -0.1) is 0 Å². The maximum atomic E-state index is 12.3. The van der Waals surface area contributed by atoms with Crippen LogP contribution >= 0.6 is 0 Å². The Labute approximate surface area is 154 Å². The molecule has 0 N–H and O–H groups in total. The van der Waals surface area contributed by atoms with E-state index in [9.17, 15) is 4.79 Å². The molecule has 4 rings (SSSR count). The number of benzene rings is 1. The van der Waals surface area contributed by atoms with Crippen LogP contribution in [0.4, 0.5) is 11.5 Å². The summed E-state index contributed by atoms with van der Waals surface area (Å²) in [6, 6.07) is 6.47. The lowest BCUT2D eigenvalue weighted by Gasteiger charge is -2.38. The first kappa shape index (κ1) is 17.0. The molecule has 2 saturated heterocycles. The molecular weight excluding hydrogens is 328 g/mol. The first-order chi connectivity index (χ1) is 12.5. The molecule has 1 atom stereocenters. The van der Waals surface area contributed by atoms with Crippen LogP contribution in [0.1, 0.15) is 6.42 Å². The van der Waals surface area contributed by atoms with E-state index in [1.807, 2.05) is 30.9 Å². The second-order valence-electron chi connectivity index (χ2n) is 7.38. The van der Waals surface area contributed by atoms with Crippen molar-refractivity contribution in [1.82, 2.24) is 19.8 Å². The Morgan fingerprint density at radius 1 is 1.08 bits per heavy atom. The highest BCUT2D eigenvalue weighted by atomic mass is 16.2. The van der Waals surface area contributed by atoms with Gasteiger partial charge in [-0.05, 0) is 24.6 Å². The van der Waals surface area contributed by atoms with Crippen molar-refractivity contribution in [3.63, 3.8) is 0 Å². The summed E-state index contributed by atoms with van der Waals surface area (Å²) in [7, 11) is 5.91. The van der Waals surface area contributed by atoms with Crippen molar-refractivity contribution in [2.45, 2.75) is 12.5 Å². The molecule has 7 heteroatoms.